The van der Waals surface area contributed by atoms with Gasteiger partial charge in [-0.15, -0.1) is 0 Å². The van der Waals surface area contributed by atoms with Gasteiger partial charge in [-0.3, -0.25) is 4.78 Å². The molecule has 3 nitrogen and oxygen atoms in total. The van der Waals surface area contributed by atoms with Gasteiger partial charge in [-0.1, -0.05) is 0 Å². The summed E-state index contributed by atoms with van der Waals surface area (Å²) in [6, 6.07) is 0. The Balaban J connectivity index is 2.06. The Kier molecular flexibility index (Phi) is 1.92. The molecule has 1 spiro atoms. The third-order valence-electron chi connectivity index (χ3n) is 3.15. The minimum absolute atomic E-state index is 0.280. The Hall–Kier alpha value is -0.0900. The zero-order valence-electron chi connectivity index (χ0n) is 7.27. The third-order valence-corrected chi connectivity index (χ3v) is 4.88. The summed E-state index contributed by atoms with van der Waals surface area (Å²) < 4.78 is 18.9. The minimum atomic E-state index is -2.19. The average Bonchev–Trinajstić information content (AvgIpc) is 2.46. The van der Waals surface area contributed by atoms with Crippen LogP contribution in [0.25, 0.3) is 0 Å². The molecule has 2 aliphatic heterocycles. The maximum absolute atomic E-state index is 11.4. The molecule has 2 saturated heterocycles. The van der Waals surface area contributed by atoms with Gasteiger partial charge >= 0.3 is 0 Å². The molecule has 0 unspecified atom stereocenters. The van der Waals surface area contributed by atoms with Gasteiger partial charge in [-0.2, -0.15) is 0 Å². The standard InChI is InChI=1S/C8H16N2OS/c9-12(11)6-3-8(4-7-12)2-1-5-10-8/h9-10H,1-7H2. The minimum Gasteiger partial charge on any atom is -0.311 e. The second kappa shape index (κ2) is 2.70. The highest BCUT2D eigenvalue weighted by molar-refractivity contribution is 7.92. The summed E-state index contributed by atoms with van der Waals surface area (Å²) in [4.78, 5) is 0. The van der Waals surface area contributed by atoms with Crippen LogP contribution in [0.15, 0.2) is 0 Å². The molecule has 0 aromatic carbocycles. The van der Waals surface area contributed by atoms with Crippen LogP contribution in [0.4, 0.5) is 0 Å². The fraction of sp³-hybridized carbons (Fsp3) is 1.00. The highest BCUT2D eigenvalue weighted by Crippen LogP contribution is 2.31. The first kappa shape index (κ1) is 8.51. The lowest BCUT2D eigenvalue weighted by Crippen LogP contribution is -2.46. The Morgan fingerprint density at radius 2 is 1.92 bits per heavy atom. The average molecular weight is 188 g/mol. The molecule has 0 aromatic heterocycles. The van der Waals surface area contributed by atoms with Gasteiger partial charge in [0.2, 0.25) is 0 Å². The number of rotatable bonds is 0. The molecule has 2 fully saturated rings. The normalized spacial score (nSPS) is 48.3. The van der Waals surface area contributed by atoms with Crippen molar-refractivity contribution in [1.82, 2.24) is 5.32 Å². The molecule has 0 saturated carbocycles. The van der Waals surface area contributed by atoms with Gasteiger partial charge in [-0.05, 0) is 32.2 Å². The highest BCUT2D eigenvalue weighted by Gasteiger charge is 2.37. The molecule has 0 aliphatic carbocycles. The molecule has 2 N–H and O–H groups in total. The monoisotopic (exact) mass is 188 g/mol. The fourth-order valence-corrected chi connectivity index (χ4v) is 3.89. The van der Waals surface area contributed by atoms with Crippen LogP contribution in [0.2, 0.25) is 0 Å². The van der Waals surface area contributed by atoms with E-state index in [1.165, 1.54) is 12.8 Å². The van der Waals surface area contributed by atoms with E-state index in [0.29, 0.717) is 11.5 Å². The molecule has 2 aliphatic rings. The maximum Gasteiger partial charge on any atom is 0.0442 e. The van der Waals surface area contributed by atoms with Crippen molar-refractivity contribution in [1.29, 1.82) is 4.78 Å². The van der Waals surface area contributed by atoms with Gasteiger partial charge in [0.25, 0.3) is 0 Å². The number of hydrogen-bond acceptors (Lipinski definition) is 3. The van der Waals surface area contributed by atoms with E-state index in [-0.39, 0.29) is 5.54 Å². The van der Waals surface area contributed by atoms with Crippen LogP contribution < -0.4 is 5.32 Å². The summed E-state index contributed by atoms with van der Waals surface area (Å²) in [5.41, 5.74) is 0.280. The summed E-state index contributed by atoms with van der Waals surface area (Å²) in [7, 11) is -2.19. The fourth-order valence-electron chi connectivity index (χ4n) is 2.24. The van der Waals surface area contributed by atoms with E-state index in [4.69, 9.17) is 4.78 Å². The van der Waals surface area contributed by atoms with Crippen molar-refractivity contribution in [2.24, 2.45) is 0 Å². The molecular weight excluding hydrogens is 172 g/mol. The van der Waals surface area contributed by atoms with Gasteiger partial charge in [-0.25, -0.2) is 4.21 Å². The third kappa shape index (κ3) is 1.50. The van der Waals surface area contributed by atoms with Crippen molar-refractivity contribution in [2.45, 2.75) is 31.2 Å². The van der Waals surface area contributed by atoms with Gasteiger partial charge < -0.3 is 5.32 Å². The van der Waals surface area contributed by atoms with E-state index >= 15 is 0 Å². The van der Waals surface area contributed by atoms with Gasteiger partial charge in [0, 0.05) is 26.8 Å². The van der Waals surface area contributed by atoms with Gasteiger partial charge in [0.05, 0.1) is 0 Å². The van der Waals surface area contributed by atoms with Crippen molar-refractivity contribution < 1.29 is 4.21 Å². The molecule has 0 aromatic rings. The molecular formula is C8H16N2OS. The number of hydrogen-bond donors (Lipinski definition) is 2. The SMILES string of the molecule is N=S1(=O)CCC2(CCCN2)CC1. The lowest BCUT2D eigenvalue weighted by Gasteiger charge is -2.34. The lowest BCUT2D eigenvalue weighted by atomic mass is 9.91. The zero-order valence-corrected chi connectivity index (χ0v) is 8.08. The Morgan fingerprint density at radius 3 is 2.42 bits per heavy atom. The lowest BCUT2D eigenvalue weighted by molar-refractivity contribution is 0.343. The first-order valence-electron chi connectivity index (χ1n) is 4.61. The summed E-state index contributed by atoms with van der Waals surface area (Å²) in [6.45, 7) is 1.11. The quantitative estimate of drug-likeness (QED) is 0.594. The molecule has 0 atom stereocenters. The Bertz CT molecular complexity index is 249. The van der Waals surface area contributed by atoms with Crippen LogP contribution in [0.3, 0.4) is 0 Å². The van der Waals surface area contributed by atoms with E-state index in [1.54, 1.807) is 0 Å². The van der Waals surface area contributed by atoms with E-state index in [2.05, 4.69) is 5.32 Å². The van der Waals surface area contributed by atoms with Crippen LogP contribution in [0.5, 0.6) is 0 Å². The van der Waals surface area contributed by atoms with Gasteiger partial charge in [0.1, 0.15) is 0 Å². The van der Waals surface area contributed by atoms with E-state index in [9.17, 15) is 4.21 Å². The first-order chi connectivity index (χ1) is 5.62. The predicted octanol–water partition coefficient (Wildman–Crippen LogP) is 0.949. The van der Waals surface area contributed by atoms with E-state index < -0.39 is 9.73 Å². The second-order valence-corrected chi connectivity index (χ2v) is 6.47. The molecule has 70 valence electrons. The summed E-state index contributed by atoms with van der Waals surface area (Å²) in [5.74, 6) is 1.22. The second-order valence-electron chi connectivity index (χ2n) is 4.03. The van der Waals surface area contributed by atoms with Gasteiger partial charge in [0.15, 0.2) is 0 Å². The van der Waals surface area contributed by atoms with E-state index in [1.807, 2.05) is 0 Å². The smallest absolute Gasteiger partial charge is 0.0442 e. The van der Waals surface area contributed by atoms with Crippen LogP contribution in [-0.2, 0) is 9.73 Å². The summed E-state index contributed by atoms with van der Waals surface area (Å²) in [6.07, 6.45) is 4.38. The van der Waals surface area contributed by atoms with E-state index in [0.717, 1.165) is 19.4 Å². The van der Waals surface area contributed by atoms with Crippen LogP contribution >= 0.6 is 0 Å². The summed E-state index contributed by atoms with van der Waals surface area (Å²) in [5, 5.41) is 3.50. The van der Waals surface area contributed by atoms with Crippen LogP contribution in [-0.4, -0.2) is 27.8 Å². The molecule has 2 rings (SSSR count). The predicted molar refractivity (Wildman–Crippen MR) is 49.8 cm³/mol. The van der Waals surface area contributed by atoms with Crippen molar-refractivity contribution in [3.8, 4) is 0 Å². The molecule has 2 heterocycles. The van der Waals surface area contributed by atoms with Crippen molar-refractivity contribution in [3.63, 3.8) is 0 Å². The van der Waals surface area contributed by atoms with Crippen molar-refractivity contribution in [2.75, 3.05) is 18.1 Å². The number of nitrogens with one attached hydrogen (secondary N) is 2. The van der Waals surface area contributed by atoms with Crippen molar-refractivity contribution >= 4 is 9.73 Å². The molecule has 4 heteroatoms. The molecule has 12 heavy (non-hydrogen) atoms. The zero-order chi connectivity index (χ0) is 8.66. The van der Waals surface area contributed by atoms with Crippen LogP contribution in [0.1, 0.15) is 25.7 Å². The molecule has 0 bridgehead atoms. The molecule has 0 amide bonds. The Morgan fingerprint density at radius 1 is 1.25 bits per heavy atom. The molecule has 0 radical (unpaired) electrons. The van der Waals surface area contributed by atoms with Crippen LogP contribution in [0, 0.1) is 4.78 Å². The summed E-state index contributed by atoms with van der Waals surface area (Å²) >= 11 is 0. The topological polar surface area (TPSA) is 53.0 Å². The maximum atomic E-state index is 11.4. The highest BCUT2D eigenvalue weighted by atomic mass is 32.2. The first-order valence-corrected chi connectivity index (χ1v) is 6.51. The van der Waals surface area contributed by atoms with Crippen molar-refractivity contribution in [3.05, 3.63) is 0 Å². The Labute approximate surface area is 73.9 Å². The largest absolute Gasteiger partial charge is 0.311 e.